The number of halogens is 3. The number of hydrogen-bond donors (Lipinski definition) is 1. The number of thiocarbonyl (C=S) groups is 1. The van der Waals surface area contributed by atoms with Crippen molar-refractivity contribution in [3.63, 3.8) is 0 Å². The van der Waals surface area contributed by atoms with Crippen molar-refractivity contribution in [2.75, 3.05) is 4.90 Å². The van der Waals surface area contributed by atoms with Crippen molar-refractivity contribution in [1.29, 1.82) is 0 Å². The molecule has 0 saturated carbocycles. The maximum atomic E-state index is 13.5. The van der Waals surface area contributed by atoms with Crippen molar-refractivity contribution in [2.45, 2.75) is 38.2 Å². The standard InChI is InChI=1S/C28H25F3N4OS/c1-18(2)36-22-13-11-20(12-14-22)35-26(25(33-27(35)37)23-9-3-4-15-32-23)24-10-6-16-34(24)21-8-5-7-19(17-21)28(29,30)31/h3-18,25-26H,1-2H3,(H,33,37)/t25-,26-/m0/s1. The van der Waals surface area contributed by atoms with Crippen LogP contribution in [0, 0.1) is 0 Å². The van der Waals surface area contributed by atoms with Gasteiger partial charge in [-0.2, -0.15) is 13.2 Å². The molecule has 9 heteroatoms. The number of benzene rings is 2. The van der Waals surface area contributed by atoms with Crippen molar-refractivity contribution in [3.05, 3.63) is 108 Å². The molecule has 5 nitrogen and oxygen atoms in total. The lowest BCUT2D eigenvalue weighted by Gasteiger charge is -2.29. The summed E-state index contributed by atoms with van der Waals surface area (Å²) in [5, 5.41) is 3.88. The van der Waals surface area contributed by atoms with Crippen LogP contribution in [0.2, 0.25) is 0 Å². The van der Waals surface area contributed by atoms with E-state index in [1.165, 1.54) is 6.07 Å². The second-order valence-corrected chi connectivity index (χ2v) is 9.39. The SMILES string of the molecule is CC(C)Oc1ccc(N2C(=S)N[C@@H](c3ccccn3)[C@@H]2c2cccn2-c2cccc(C(F)(F)F)c2)cc1. The van der Waals surface area contributed by atoms with E-state index in [1.807, 2.05) is 73.3 Å². The van der Waals surface area contributed by atoms with Crippen LogP contribution in [0.4, 0.5) is 18.9 Å². The Morgan fingerprint density at radius 1 is 0.946 bits per heavy atom. The molecule has 1 saturated heterocycles. The molecule has 37 heavy (non-hydrogen) atoms. The average molecular weight is 523 g/mol. The summed E-state index contributed by atoms with van der Waals surface area (Å²) in [6, 6.07) is 21.6. The van der Waals surface area contributed by atoms with E-state index < -0.39 is 11.7 Å². The number of ether oxygens (including phenoxy) is 1. The van der Waals surface area contributed by atoms with Gasteiger partial charge in [0.1, 0.15) is 11.8 Å². The summed E-state index contributed by atoms with van der Waals surface area (Å²) in [5.41, 5.74) is 2.07. The van der Waals surface area contributed by atoms with Gasteiger partial charge in [-0.1, -0.05) is 12.1 Å². The summed E-state index contributed by atoms with van der Waals surface area (Å²) in [4.78, 5) is 6.53. The van der Waals surface area contributed by atoms with Gasteiger partial charge in [0, 0.05) is 29.5 Å². The minimum atomic E-state index is -4.44. The molecule has 5 rings (SSSR count). The molecule has 0 unspecified atom stereocenters. The topological polar surface area (TPSA) is 42.3 Å². The Labute approximate surface area is 218 Å². The summed E-state index contributed by atoms with van der Waals surface area (Å²) >= 11 is 5.78. The summed E-state index contributed by atoms with van der Waals surface area (Å²) in [7, 11) is 0. The molecular formula is C28H25F3N4OS. The molecule has 0 spiro atoms. The normalized spacial score (nSPS) is 17.8. The van der Waals surface area contributed by atoms with Gasteiger partial charge >= 0.3 is 6.18 Å². The van der Waals surface area contributed by atoms with Crippen LogP contribution in [0.25, 0.3) is 5.69 Å². The zero-order valence-corrected chi connectivity index (χ0v) is 21.0. The summed E-state index contributed by atoms with van der Waals surface area (Å²) in [6.45, 7) is 3.92. The van der Waals surface area contributed by atoms with E-state index in [0.717, 1.165) is 35.0 Å². The van der Waals surface area contributed by atoms with E-state index >= 15 is 0 Å². The van der Waals surface area contributed by atoms with Gasteiger partial charge in [-0.25, -0.2) is 0 Å². The maximum Gasteiger partial charge on any atom is 0.416 e. The number of pyridine rings is 1. The van der Waals surface area contributed by atoms with E-state index in [4.69, 9.17) is 17.0 Å². The molecule has 0 bridgehead atoms. The molecule has 3 heterocycles. The molecule has 1 aliphatic heterocycles. The Morgan fingerprint density at radius 3 is 2.41 bits per heavy atom. The van der Waals surface area contributed by atoms with Crippen molar-refractivity contribution in [2.24, 2.45) is 0 Å². The van der Waals surface area contributed by atoms with E-state index in [2.05, 4.69) is 10.3 Å². The van der Waals surface area contributed by atoms with Crippen molar-refractivity contribution < 1.29 is 17.9 Å². The Bertz CT molecular complexity index is 1390. The highest BCUT2D eigenvalue weighted by atomic mass is 32.1. The summed E-state index contributed by atoms with van der Waals surface area (Å²) < 4.78 is 48.0. The lowest BCUT2D eigenvalue weighted by Crippen LogP contribution is -2.30. The lowest BCUT2D eigenvalue weighted by atomic mass is 10.0. The van der Waals surface area contributed by atoms with Crippen molar-refractivity contribution >= 4 is 23.0 Å². The van der Waals surface area contributed by atoms with Crippen molar-refractivity contribution in [3.8, 4) is 11.4 Å². The number of alkyl halides is 3. The molecule has 0 radical (unpaired) electrons. The van der Waals surface area contributed by atoms with E-state index in [-0.39, 0.29) is 18.2 Å². The third-order valence-corrected chi connectivity index (χ3v) is 6.43. The Morgan fingerprint density at radius 2 is 1.73 bits per heavy atom. The zero-order chi connectivity index (χ0) is 26.2. The molecule has 2 aromatic carbocycles. The fourth-order valence-corrected chi connectivity index (χ4v) is 4.94. The number of anilines is 1. The van der Waals surface area contributed by atoms with Gasteiger partial charge < -0.3 is 19.5 Å². The maximum absolute atomic E-state index is 13.5. The smallest absolute Gasteiger partial charge is 0.416 e. The second-order valence-electron chi connectivity index (χ2n) is 9.01. The predicted molar refractivity (Wildman–Crippen MR) is 141 cm³/mol. The highest BCUT2D eigenvalue weighted by Crippen LogP contribution is 2.43. The molecule has 0 aliphatic carbocycles. The van der Waals surface area contributed by atoms with Crippen LogP contribution in [-0.2, 0) is 6.18 Å². The molecule has 1 fully saturated rings. The summed E-state index contributed by atoms with van der Waals surface area (Å²) in [6.07, 6.45) is -0.928. The lowest BCUT2D eigenvalue weighted by molar-refractivity contribution is -0.137. The highest BCUT2D eigenvalue weighted by molar-refractivity contribution is 7.80. The van der Waals surface area contributed by atoms with Gasteiger partial charge in [-0.3, -0.25) is 4.98 Å². The molecule has 2 aromatic heterocycles. The van der Waals surface area contributed by atoms with Gasteiger partial charge in [-0.05, 0) is 92.8 Å². The van der Waals surface area contributed by atoms with Crippen LogP contribution in [0.5, 0.6) is 5.75 Å². The Hall–Kier alpha value is -3.85. The first-order valence-corrected chi connectivity index (χ1v) is 12.3. The third kappa shape index (κ3) is 5.04. The fraction of sp³-hybridized carbons (Fsp3) is 0.214. The van der Waals surface area contributed by atoms with Crippen LogP contribution in [0.15, 0.2) is 91.3 Å². The first-order chi connectivity index (χ1) is 17.7. The minimum absolute atomic E-state index is 0.0393. The molecular weight excluding hydrogens is 497 g/mol. The number of nitrogens with zero attached hydrogens (tertiary/aromatic N) is 3. The van der Waals surface area contributed by atoms with Crippen LogP contribution in [-0.4, -0.2) is 20.8 Å². The predicted octanol–water partition coefficient (Wildman–Crippen LogP) is 6.86. The molecule has 2 atom stereocenters. The Kier molecular flexibility index (Phi) is 6.64. The number of rotatable bonds is 6. The van der Waals surface area contributed by atoms with Gasteiger partial charge in [0.15, 0.2) is 5.11 Å². The van der Waals surface area contributed by atoms with Gasteiger partial charge in [0.25, 0.3) is 0 Å². The van der Waals surface area contributed by atoms with Crippen LogP contribution >= 0.6 is 12.2 Å². The number of aromatic nitrogens is 2. The molecule has 4 aromatic rings. The average Bonchev–Trinajstić information content (AvgIpc) is 3.49. The van der Waals surface area contributed by atoms with Gasteiger partial charge in [0.05, 0.1) is 23.4 Å². The largest absolute Gasteiger partial charge is 0.491 e. The highest BCUT2D eigenvalue weighted by Gasteiger charge is 2.42. The first kappa shape index (κ1) is 24.8. The minimum Gasteiger partial charge on any atom is -0.491 e. The third-order valence-electron chi connectivity index (χ3n) is 6.12. The summed E-state index contributed by atoms with van der Waals surface area (Å²) in [5.74, 6) is 0.738. The van der Waals surface area contributed by atoms with E-state index in [0.29, 0.717) is 10.8 Å². The number of hydrogen-bond acceptors (Lipinski definition) is 3. The molecule has 1 aliphatic rings. The molecule has 190 valence electrons. The van der Waals surface area contributed by atoms with Crippen molar-refractivity contribution in [1.82, 2.24) is 14.9 Å². The van der Waals surface area contributed by atoms with Crippen LogP contribution in [0.1, 0.15) is 42.9 Å². The fourth-order valence-electron chi connectivity index (χ4n) is 4.59. The van der Waals surface area contributed by atoms with E-state index in [1.54, 1.807) is 23.0 Å². The van der Waals surface area contributed by atoms with Gasteiger partial charge in [-0.15, -0.1) is 0 Å². The first-order valence-electron chi connectivity index (χ1n) is 11.8. The second kappa shape index (κ2) is 9.89. The van der Waals surface area contributed by atoms with E-state index in [9.17, 15) is 13.2 Å². The zero-order valence-electron chi connectivity index (χ0n) is 20.2. The van der Waals surface area contributed by atoms with Crippen LogP contribution < -0.4 is 15.0 Å². The quantitative estimate of drug-likeness (QED) is 0.281. The van der Waals surface area contributed by atoms with Crippen LogP contribution in [0.3, 0.4) is 0 Å². The Balaban J connectivity index is 1.61. The number of nitrogens with one attached hydrogen (secondary N) is 1. The van der Waals surface area contributed by atoms with Gasteiger partial charge in [0.2, 0.25) is 0 Å². The molecule has 0 amide bonds. The molecule has 1 N–H and O–H groups in total. The monoisotopic (exact) mass is 522 g/mol.